The molecule has 0 bridgehead atoms. The number of morpholine rings is 1. The fourth-order valence-corrected chi connectivity index (χ4v) is 6.28. The fourth-order valence-electron chi connectivity index (χ4n) is 4.62. The number of carbonyl (C=O) groups excluding carboxylic acids is 1. The summed E-state index contributed by atoms with van der Waals surface area (Å²) in [5, 5.41) is 3.05. The zero-order chi connectivity index (χ0) is 24.1. The average Bonchev–Trinajstić information content (AvgIpc) is 3.37. The van der Waals surface area contributed by atoms with Crippen LogP contribution in [-0.2, 0) is 19.6 Å². The molecule has 0 saturated carbocycles. The first kappa shape index (κ1) is 24.7. The standard InChI is InChI=1S/C25H33N3O5S/c1-19-5-11-22(12-6-19)34(30,31)28-13-3-4-23(28)25(29)26-18-24(27-14-16-33-17-15-27)20-7-9-21(32-2)10-8-20/h5-12,23-24H,3-4,13-18H2,1-2H3,(H,26,29)/t23-,24?/m0/s1. The Morgan fingerprint density at radius 1 is 1.09 bits per heavy atom. The lowest BCUT2D eigenvalue weighted by atomic mass is 10.0. The van der Waals surface area contributed by atoms with Crippen LogP contribution in [0.1, 0.15) is 30.0 Å². The van der Waals surface area contributed by atoms with Crippen molar-refractivity contribution in [3.63, 3.8) is 0 Å². The SMILES string of the molecule is COc1ccc(C(CNC(=O)[C@@H]2CCCN2S(=O)(=O)c2ccc(C)cc2)N2CCOCC2)cc1. The number of hydrogen-bond acceptors (Lipinski definition) is 6. The van der Waals surface area contributed by atoms with Gasteiger partial charge >= 0.3 is 0 Å². The van der Waals surface area contributed by atoms with Crippen LogP contribution in [0.4, 0.5) is 0 Å². The van der Waals surface area contributed by atoms with Crippen LogP contribution >= 0.6 is 0 Å². The highest BCUT2D eigenvalue weighted by Crippen LogP contribution is 2.28. The monoisotopic (exact) mass is 487 g/mol. The summed E-state index contributed by atoms with van der Waals surface area (Å²) in [6, 6.07) is 13.9. The molecule has 2 aliphatic heterocycles. The largest absolute Gasteiger partial charge is 0.497 e. The van der Waals surface area contributed by atoms with Crippen molar-refractivity contribution in [3.05, 3.63) is 59.7 Å². The molecule has 2 heterocycles. The maximum absolute atomic E-state index is 13.2. The molecular formula is C25H33N3O5S. The second-order valence-electron chi connectivity index (χ2n) is 8.77. The summed E-state index contributed by atoms with van der Waals surface area (Å²) in [5.74, 6) is 0.524. The van der Waals surface area contributed by atoms with Gasteiger partial charge in [-0.2, -0.15) is 4.31 Å². The summed E-state index contributed by atoms with van der Waals surface area (Å²) in [5.41, 5.74) is 2.06. The van der Waals surface area contributed by atoms with Gasteiger partial charge in [-0.25, -0.2) is 8.42 Å². The van der Waals surface area contributed by atoms with E-state index >= 15 is 0 Å². The molecule has 2 aromatic rings. The number of nitrogens with one attached hydrogen (secondary N) is 1. The highest BCUT2D eigenvalue weighted by molar-refractivity contribution is 7.89. The number of methoxy groups -OCH3 is 1. The molecule has 184 valence electrons. The van der Waals surface area contributed by atoms with Gasteiger partial charge in [-0.05, 0) is 49.6 Å². The molecule has 9 heteroatoms. The number of sulfonamides is 1. The predicted molar refractivity (Wildman–Crippen MR) is 129 cm³/mol. The molecule has 2 fully saturated rings. The van der Waals surface area contributed by atoms with E-state index < -0.39 is 16.1 Å². The summed E-state index contributed by atoms with van der Waals surface area (Å²) >= 11 is 0. The minimum absolute atomic E-state index is 0.0395. The Morgan fingerprint density at radius 3 is 2.41 bits per heavy atom. The molecule has 2 saturated heterocycles. The van der Waals surface area contributed by atoms with Gasteiger partial charge in [0.25, 0.3) is 0 Å². The Hall–Kier alpha value is -2.46. The lowest BCUT2D eigenvalue weighted by molar-refractivity contribution is -0.124. The van der Waals surface area contributed by atoms with Crippen molar-refractivity contribution in [2.24, 2.45) is 0 Å². The van der Waals surface area contributed by atoms with Crippen LogP contribution in [0, 0.1) is 6.92 Å². The van der Waals surface area contributed by atoms with Crippen LogP contribution < -0.4 is 10.1 Å². The van der Waals surface area contributed by atoms with Crippen LogP contribution in [0.15, 0.2) is 53.4 Å². The van der Waals surface area contributed by atoms with E-state index in [2.05, 4.69) is 10.2 Å². The quantitative estimate of drug-likeness (QED) is 0.615. The topological polar surface area (TPSA) is 88.2 Å². The number of benzene rings is 2. The van der Waals surface area contributed by atoms with Crippen molar-refractivity contribution < 1.29 is 22.7 Å². The highest BCUT2D eigenvalue weighted by atomic mass is 32.2. The Morgan fingerprint density at radius 2 is 1.76 bits per heavy atom. The zero-order valence-corrected chi connectivity index (χ0v) is 20.6. The summed E-state index contributed by atoms with van der Waals surface area (Å²) < 4.78 is 38.6. The summed E-state index contributed by atoms with van der Waals surface area (Å²) in [4.78, 5) is 15.7. The van der Waals surface area contributed by atoms with Gasteiger partial charge in [0, 0.05) is 26.2 Å². The van der Waals surface area contributed by atoms with Crippen molar-refractivity contribution >= 4 is 15.9 Å². The van der Waals surface area contributed by atoms with Gasteiger partial charge in [-0.15, -0.1) is 0 Å². The van der Waals surface area contributed by atoms with Crippen molar-refractivity contribution in [3.8, 4) is 5.75 Å². The first-order chi connectivity index (χ1) is 16.4. The molecule has 8 nitrogen and oxygen atoms in total. The fraction of sp³-hybridized carbons (Fsp3) is 0.480. The minimum Gasteiger partial charge on any atom is -0.497 e. The second kappa shape index (κ2) is 10.9. The van der Waals surface area contributed by atoms with Gasteiger partial charge in [0.05, 0.1) is 31.3 Å². The maximum Gasteiger partial charge on any atom is 0.243 e. The molecule has 2 atom stereocenters. The van der Waals surface area contributed by atoms with Gasteiger partial charge in [-0.1, -0.05) is 29.8 Å². The first-order valence-electron chi connectivity index (χ1n) is 11.7. The van der Waals surface area contributed by atoms with E-state index in [9.17, 15) is 13.2 Å². The van der Waals surface area contributed by atoms with E-state index in [0.717, 1.165) is 30.0 Å². The number of amides is 1. The van der Waals surface area contributed by atoms with Gasteiger partial charge in [0.2, 0.25) is 15.9 Å². The molecule has 34 heavy (non-hydrogen) atoms. The molecular weight excluding hydrogens is 454 g/mol. The van der Waals surface area contributed by atoms with Crippen LogP contribution in [-0.4, -0.2) is 76.1 Å². The van der Waals surface area contributed by atoms with Crippen molar-refractivity contribution in [1.29, 1.82) is 0 Å². The number of hydrogen-bond donors (Lipinski definition) is 1. The van der Waals surface area contributed by atoms with Crippen molar-refractivity contribution in [2.75, 3.05) is 46.5 Å². The number of nitrogens with zero attached hydrogens (tertiary/aromatic N) is 2. The predicted octanol–water partition coefficient (Wildman–Crippen LogP) is 2.35. The second-order valence-corrected chi connectivity index (χ2v) is 10.7. The minimum atomic E-state index is -3.74. The molecule has 0 aliphatic carbocycles. The smallest absolute Gasteiger partial charge is 0.243 e. The summed E-state index contributed by atoms with van der Waals surface area (Å²) in [7, 11) is -2.11. The normalized spacial score (nSPS) is 20.7. The Labute approximate surface area is 201 Å². The van der Waals surface area contributed by atoms with Gasteiger partial charge < -0.3 is 14.8 Å². The lowest BCUT2D eigenvalue weighted by Gasteiger charge is -2.35. The molecule has 0 aromatic heterocycles. The van der Waals surface area contributed by atoms with Gasteiger partial charge in [-0.3, -0.25) is 9.69 Å². The van der Waals surface area contributed by atoms with E-state index in [1.807, 2.05) is 31.2 Å². The highest BCUT2D eigenvalue weighted by Gasteiger charge is 2.39. The third kappa shape index (κ3) is 5.43. The Kier molecular flexibility index (Phi) is 7.88. The third-order valence-corrected chi connectivity index (χ3v) is 8.51. The van der Waals surface area contributed by atoms with E-state index in [1.165, 1.54) is 4.31 Å². The van der Waals surface area contributed by atoms with E-state index in [1.54, 1.807) is 31.4 Å². The van der Waals surface area contributed by atoms with E-state index in [-0.39, 0.29) is 16.8 Å². The van der Waals surface area contributed by atoms with Crippen LogP contribution in [0.5, 0.6) is 5.75 Å². The Balaban J connectivity index is 1.48. The lowest BCUT2D eigenvalue weighted by Crippen LogP contribution is -2.49. The molecule has 1 unspecified atom stereocenters. The molecule has 2 aliphatic rings. The average molecular weight is 488 g/mol. The molecule has 0 spiro atoms. The molecule has 2 aromatic carbocycles. The van der Waals surface area contributed by atoms with E-state index in [0.29, 0.717) is 39.1 Å². The Bertz CT molecular complexity index is 1070. The maximum atomic E-state index is 13.2. The number of ether oxygens (including phenoxy) is 2. The third-order valence-electron chi connectivity index (χ3n) is 6.59. The zero-order valence-electron chi connectivity index (χ0n) is 19.8. The van der Waals surface area contributed by atoms with Crippen LogP contribution in [0.3, 0.4) is 0 Å². The van der Waals surface area contributed by atoms with Crippen LogP contribution in [0.25, 0.3) is 0 Å². The molecule has 1 N–H and O–H groups in total. The number of carbonyl (C=O) groups is 1. The number of rotatable bonds is 8. The van der Waals surface area contributed by atoms with Crippen LogP contribution in [0.2, 0.25) is 0 Å². The van der Waals surface area contributed by atoms with Gasteiger partial charge in [0.15, 0.2) is 0 Å². The van der Waals surface area contributed by atoms with E-state index in [4.69, 9.17) is 9.47 Å². The summed E-state index contributed by atoms with van der Waals surface area (Å²) in [6.07, 6.45) is 1.18. The first-order valence-corrected chi connectivity index (χ1v) is 13.2. The molecule has 4 rings (SSSR count). The molecule has 0 radical (unpaired) electrons. The van der Waals surface area contributed by atoms with Crippen molar-refractivity contribution in [2.45, 2.75) is 36.7 Å². The van der Waals surface area contributed by atoms with Crippen molar-refractivity contribution in [1.82, 2.24) is 14.5 Å². The number of aryl methyl sites for hydroxylation is 1. The summed E-state index contributed by atoms with van der Waals surface area (Å²) in [6.45, 7) is 5.47. The molecule has 1 amide bonds. The van der Waals surface area contributed by atoms with Gasteiger partial charge in [0.1, 0.15) is 11.8 Å².